The van der Waals surface area contributed by atoms with Crippen LogP contribution in [0.2, 0.25) is 0 Å². The lowest BCUT2D eigenvalue weighted by Crippen LogP contribution is -2.30. The summed E-state index contributed by atoms with van der Waals surface area (Å²) in [5, 5.41) is 12.2. The molecule has 1 fully saturated rings. The van der Waals surface area contributed by atoms with Crippen LogP contribution < -0.4 is 0 Å². The smallest absolute Gasteiger partial charge is 0.248 e. The molecule has 0 N–H and O–H groups in total. The van der Waals surface area contributed by atoms with Crippen molar-refractivity contribution in [2.75, 3.05) is 13.1 Å². The van der Waals surface area contributed by atoms with Crippen molar-refractivity contribution in [3.05, 3.63) is 48.0 Å². The maximum absolute atomic E-state index is 12.9. The van der Waals surface area contributed by atoms with E-state index < -0.39 is 10.0 Å². The summed E-state index contributed by atoms with van der Waals surface area (Å²) in [7, 11) is -3.63. The molecule has 1 saturated heterocycles. The van der Waals surface area contributed by atoms with Crippen LogP contribution in [0.3, 0.4) is 0 Å². The SMILES string of the molecule is Cc1noc(C)c1S(=O)(=O)N1CCC(n2cc(-c3ccccc3)nn2)C1. The molecule has 1 aromatic carbocycles. The van der Waals surface area contributed by atoms with E-state index in [1.807, 2.05) is 36.5 Å². The molecule has 136 valence electrons. The second kappa shape index (κ2) is 6.33. The summed E-state index contributed by atoms with van der Waals surface area (Å²) < 4.78 is 34.1. The van der Waals surface area contributed by atoms with Crippen molar-refractivity contribution >= 4 is 10.0 Å². The Bertz CT molecular complexity index is 1010. The predicted octanol–water partition coefficient (Wildman–Crippen LogP) is 2.19. The summed E-state index contributed by atoms with van der Waals surface area (Å²) in [5.41, 5.74) is 2.15. The zero-order valence-corrected chi connectivity index (χ0v) is 15.3. The molecule has 0 bridgehead atoms. The zero-order chi connectivity index (χ0) is 18.3. The van der Waals surface area contributed by atoms with E-state index in [2.05, 4.69) is 15.5 Å². The summed E-state index contributed by atoms with van der Waals surface area (Å²) in [6.07, 6.45) is 2.55. The molecular formula is C17H19N5O3S. The molecule has 0 radical (unpaired) electrons. The number of aromatic nitrogens is 4. The lowest BCUT2D eigenvalue weighted by Gasteiger charge is -2.16. The zero-order valence-electron chi connectivity index (χ0n) is 14.5. The number of sulfonamides is 1. The van der Waals surface area contributed by atoms with Crippen LogP contribution >= 0.6 is 0 Å². The van der Waals surface area contributed by atoms with E-state index in [9.17, 15) is 8.42 Å². The van der Waals surface area contributed by atoms with Gasteiger partial charge in [-0.25, -0.2) is 13.1 Å². The van der Waals surface area contributed by atoms with Gasteiger partial charge in [0, 0.05) is 18.7 Å². The van der Waals surface area contributed by atoms with Crippen LogP contribution in [0.5, 0.6) is 0 Å². The highest BCUT2D eigenvalue weighted by molar-refractivity contribution is 7.89. The average molecular weight is 373 g/mol. The Balaban J connectivity index is 1.55. The maximum Gasteiger partial charge on any atom is 0.248 e. The summed E-state index contributed by atoms with van der Waals surface area (Å²) in [4.78, 5) is 0.168. The number of nitrogens with zero attached hydrogens (tertiary/aromatic N) is 5. The Morgan fingerprint density at radius 2 is 1.96 bits per heavy atom. The van der Waals surface area contributed by atoms with Gasteiger partial charge in [-0.05, 0) is 20.3 Å². The van der Waals surface area contributed by atoms with Crippen molar-refractivity contribution in [1.29, 1.82) is 0 Å². The highest BCUT2D eigenvalue weighted by Crippen LogP contribution is 2.30. The minimum absolute atomic E-state index is 0.0461. The van der Waals surface area contributed by atoms with Gasteiger partial charge in [-0.1, -0.05) is 40.7 Å². The van der Waals surface area contributed by atoms with E-state index in [1.165, 1.54) is 4.31 Å². The Hall–Kier alpha value is -2.52. The number of aryl methyl sites for hydroxylation is 2. The highest BCUT2D eigenvalue weighted by atomic mass is 32.2. The molecule has 0 amide bonds. The molecule has 0 spiro atoms. The highest BCUT2D eigenvalue weighted by Gasteiger charge is 2.37. The number of hydrogen-bond acceptors (Lipinski definition) is 6. The van der Waals surface area contributed by atoms with Crippen LogP contribution in [0.15, 0.2) is 45.9 Å². The van der Waals surface area contributed by atoms with Crippen molar-refractivity contribution in [3.63, 3.8) is 0 Å². The Morgan fingerprint density at radius 1 is 1.19 bits per heavy atom. The average Bonchev–Trinajstić information content (AvgIpc) is 3.35. The van der Waals surface area contributed by atoms with Gasteiger partial charge in [-0.2, -0.15) is 4.31 Å². The first-order chi connectivity index (χ1) is 12.5. The monoisotopic (exact) mass is 373 g/mol. The summed E-state index contributed by atoms with van der Waals surface area (Å²) >= 11 is 0. The quantitative estimate of drug-likeness (QED) is 0.696. The third kappa shape index (κ3) is 2.82. The predicted molar refractivity (Wildman–Crippen MR) is 93.8 cm³/mol. The molecule has 3 aromatic rings. The van der Waals surface area contributed by atoms with Gasteiger partial charge in [-0.15, -0.1) is 5.10 Å². The van der Waals surface area contributed by atoms with Crippen molar-refractivity contribution < 1.29 is 12.9 Å². The standard InChI is InChI=1S/C17H19N5O3S/c1-12-17(13(2)25-19-12)26(23,24)21-9-8-15(10-21)22-11-16(18-20-22)14-6-4-3-5-7-14/h3-7,11,15H,8-10H2,1-2H3. The molecule has 0 saturated carbocycles. The van der Waals surface area contributed by atoms with Crippen molar-refractivity contribution in [1.82, 2.24) is 24.5 Å². The molecule has 4 rings (SSSR count). The molecule has 1 aliphatic rings. The second-order valence-electron chi connectivity index (χ2n) is 6.41. The Kier molecular flexibility index (Phi) is 4.12. The van der Waals surface area contributed by atoms with Crippen molar-refractivity contribution in [2.24, 2.45) is 0 Å². The fraction of sp³-hybridized carbons (Fsp3) is 0.353. The fourth-order valence-corrected chi connectivity index (χ4v) is 5.10. The first kappa shape index (κ1) is 16.9. The molecule has 8 nitrogen and oxygen atoms in total. The van der Waals surface area contributed by atoms with E-state index in [0.29, 0.717) is 31.0 Å². The van der Waals surface area contributed by atoms with Crippen LogP contribution in [0.1, 0.15) is 23.9 Å². The van der Waals surface area contributed by atoms with Gasteiger partial charge in [0.05, 0.1) is 12.2 Å². The van der Waals surface area contributed by atoms with Crippen LogP contribution in [0.4, 0.5) is 0 Å². The van der Waals surface area contributed by atoms with E-state index in [0.717, 1.165) is 11.3 Å². The van der Waals surface area contributed by atoms with Gasteiger partial charge >= 0.3 is 0 Å². The molecule has 3 heterocycles. The lowest BCUT2D eigenvalue weighted by atomic mass is 10.2. The summed E-state index contributed by atoms with van der Waals surface area (Å²) in [6.45, 7) is 4.03. The molecular weight excluding hydrogens is 354 g/mol. The molecule has 26 heavy (non-hydrogen) atoms. The van der Waals surface area contributed by atoms with Gasteiger partial charge < -0.3 is 4.52 Å². The van der Waals surface area contributed by atoms with Crippen LogP contribution in [0.25, 0.3) is 11.3 Å². The maximum atomic E-state index is 12.9. The van der Waals surface area contributed by atoms with Gasteiger partial charge in [0.25, 0.3) is 0 Å². The second-order valence-corrected chi connectivity index (χ2v) is 8.28. The number of benzene rings is 1. The minimum Gasteiger partial charge on any atom is -0.360 e. The fourth-order valence-electron chi connectivity index (χ4n) is 3.31. The third-order valence-electron chi connectivity index (χ3n) is 4.65. The van der Waals surface area contributed by atoms with Crippen LogP contribution in [0, 0.1) is 13.8 Å². The van der Waals surface area contributed by atoms with E-state index in [-0.39, 0.29) is 10.9 Å². The number of rotatable bonds is 4. The summed E-state index contributed by atoms with van der Waals surface area (Å²) in [6, 6.07) is 9.73. The minimum atomic E-state index is -3.63. The van der Waals surface area contributed by atoms with Crippen LogP contribution in [-0.2, 0) is 10.0 Å². The molecule has 0 aliphatic carbocycles. The van der Waals surface area contributed by atoms with Gasteiger partial charge in [0.15, 0.2) is 5.76 Å². The van der Waals surface area contributed by atoms with Gasteiger partial charge in [0.1, 0.15) is 16.3 Å². The first-order valence-corrected chi connectivity index (χ1v) is 9.81. The van der Waals surface area contributed by atoms with E-state index in [1.54, 1.807) is 18.5 Å². The van der Waals surface area contributed by atoms with E-state index >= 15 is 0 Å². The number of hydrogen-bond donors (Lipinski definition) is 0. The van der Waals surface area contributed by atoms with Gasteiger partial charge in [-0.3, -0.25) is 0 Å². The van der Waals surface area contributed by atoms with Crippen LogP contribution in [-0.4, -0.2) is 46.0 Å². The summed E-state index contributed by atoms with van der Waals surface area (Å²) in [5.74, 6) is 0.318. The molecule has 1 aliphatic heterocycles. The lowest BCUT2D eigenvalue weighted by molar-refractivity contribution is 0.389. The third-order valence-corrected chi connectivity index (χ3v) is 6.76. The van der Waals surface area contributed by atoms with Crippen molar-refractivity contribution in [3.8, 4) is 11.3 Å². The molecule has 9 heteroatoms. The van der Waals surface area contributed by atoms with Gasteiger partial charge in [0.2, 0.25) is 10.0 Å². The van der Waals surface area contributed by atoms with E-state index in [4.69, 9.17) is 4.52 Å². The molecule has 2 aromatic heterocycles. The topological polar surface area (TPSA) is 94.1 Å². The Labute approximate surface area is 151 Å². The largest absolute Gasteiger partial charge is 0.360 e. The van der Waals surface area contributed by atoms with Crippen molar-refractivity contribution in [2.45, 2.75) is 31.2 Å². The first-order valence-electron chi connectivity index (χ1n) is 8.37. The molecule has 1 unspecified atom stereocenters. The Morgan fingerprint density at radius 3 is 2.65 bits per heavy atom. The molecule has 1 atom stereocenters. The normalized spacial score (nSPS) is 18.5.